The highest BCUT2D eigenvalue weighted by molar-refractivity contribution is 5.94. The number of amides is 2. The molecule has 2 rings (SSSR count). The molecule has 0 bridgehead atoms. The fourth-order valence-corrected chi connectivity index (χ4v) is 1.99. The second kappa shape index (κ2) is 9.91. The van der Waals surface area contributed by atoms with Gasteiger partial charge in [-0.05, 0) is 42.8 Å². The van der Waals surface area contributed by atoms with E-state index in [4.69, 9.17) is 9.47 Å². The van der Waals surface area contributed by atoms with Crippen molar-refractivity contribution < 1.29 is 19.1 Å². The van der Waals surface area contributed by atoms with Crippen LogP contribution < -0.4 is 14.9 Å². The minimum Gasteiger partial charge on any atom is -0.490 e. The minimum atomic E-state index is -0.355. The molecule has 0 radical (unpaired) electrons. The first-order valence-corrected chi connectivity index (χ1v) is 8.34. The number of rotatable bonds is 8. The van der Waals surface area contributed by atoms with Crippen molar-refractivity contribution in [2.45, 2.75) is 6.92 Å². The van der Waals surface area contributed by atoms with Crippen molar-refractivity contribution in [2.24, 2.45) is 5.10 Å². The molecule has 142 valence electrons. The molecular weight excluding hydrogens is 348 g/mol. The predicted molar refractivity (Wildman–Crippen MR) is 101 cm³/mol. The summed E-state index contributed by atoms with van der Waals surface area (Å²) in [6, 6.07) is 8.48. The van der Waals surface area contributed by atoms with Crippen LogP contribution in [0.15, 0.2) is 47.8 Å². The Morgan fingerprint density at radius 1 is 1.22 bits per heavy atom. The number of carbonyl (C=O) groups is 2. The summed E-state index contributed by atoms with van der Waals surface area (Å²) in [6.07, 6.45) is 4.54. The summed E-state index contributed by atoms with van der Waals surface area (Å²) in [5.74, 6) is 0.447. The summed E-state index contributed by atoms with van der Waals surface area (Å²) in [5.41, 5.74) is 3.55. The molecule has 27 heavy (non-hydrogen) atoms. The van der Waals surface area contributed by atoms with Gasteiger partial charge >= 0.3 is 0 Å². The zero-order valence-electron chi connectivity index (χ0n) is 15.5. The van der Waals surface area contributed by atoms with Crippen LogP contribution in [0, 0.1) is 0 Å². The average molecular weight is 370 g/mol. The van der Waals surface area contributed by atoms with Gasteiger partial charge in [-0.25, -0.2) is 5.43 Å². The molecule has 0 spiro atoms. The van der Waals surface area contributed by atoms with Crippen LogP contribution in [0.25, 0.3) is 0 Å². The molecule has 8 nitrogen and oxygen atoms in total. The Kier molecular flexibility index (Phi) is 7.30. The van der Waals surface area contributed by atoms with Crippen LogP contribution in [0.2, 0.25) is 0 Å². The van der Waals surface area contributed by atoms with Gasteiger partial charge in [0.15, 0.2) is 18.1 Å². The molecule has 0 aliphatic carbocycles. The van der Waals surface area contributed by atoms with Gasteiger partial charge in [-0.1, -0.05) is 0 Å². The Hall–Kier alpha value is -3.42. The molecule has 0 unspecified atom stereocenters. The third kappa shape index (κ3) is 6.10. The van der Waals surface area contributed by atoms with E-state index in [0.29, 0.717) is 29.2 Å². The maximum Gasteiger partial charge on any atom is 0.272 e. The normalized spacial score (nSPS) is 10.5. The number of hydrogen-bond acceptors (Lipinski definition) is 6. The molecule has 1 heterocycles. The molecule has 2 aromatic rings. The van der Waals surface area contributed by atoms with E-state index < -0.39 is 0 Å². The van der Waals surface area contributed by atoms with E-state index in [2.05, 4.69) is 15.5 Å². The lowest BCUT2D eigenvalue weighted by molar-refractivity contribution is -0.130. The Morgan fingerprint density at radius 3 is 2.70 bits per heavy atom. The molecule has 0 atom stereocenters. The number of pyridine rings is 1. The molecule has 0 saturated heterocycles. The zero-order chi connectivity index (χ0) is 19.6. The maximum atomic E-state index is 11.9. The Morgan fingerprint density at radius 2 is 2.04 bits per heavy atom. The van der Waals surface area contributed by atoms with Crippen LogP contribution in [0.5, 0.6) is 11.5 Å². The number of hydrogen-bond donors (Lipinski definition) is 1. The third-order valence-corrected chi connectivity index (χ3v) is 3.42. The molecular formula is C19H22N4O4. The van der Waals surface area contributed by atoms with Gasteiger partial charge in [-0.3, -0.25) is 14.6 Å². The lowest BCUT2D eigenvalue weighted by Crippen LogP contribution is -2.27. The lowest BCUT2D eigenvalue weighted by atomic mass is 10.2. The van der Waals surface area contributed by atoms with Gasteiger partial charge < -0.3 is 14.4 Å². The molecule has 0 aliphatic rings. The van der Waals surface area contributed by atoms with E-state index in [9.17, 15) is 9.59 Å². The maximum absolute atomic E-state index is 11.9. The number of hydrazone groups is 1. The zero-order valence-corrected chi connectivity index (χ0v) is 15.5. The van der Waals surface area contributed by atoms with Crippen molar-refractivity contribution in [1.29, 1.82) is 0 Å². The number of ether oxygens (including phenoxy) is 2. The minimum absolute atomic E-state index is 0.0817. The van der Waals surface area contributed by atoms with Crippen LogP contribution in [0.1, 0.15) is 22.8 Å². The number of nitrogens with zero attached hydrogens (tertiary/aromatic N) is 3. The first-order valence-electron chi connectivity index (χ1n) is 8.34. The summed E-state index contributed by atoms with van der Waals surface area (Å²) in [4.78, 5) is 28.9. The fourth-order valence-electron chi connectivity index (χ4n) is 1.99. The largest absolute Gasteiger partial charge is 0.490 e. The Labute approximate surface area is 157 Å². The SMILES string of the molecule is CCOc1cc(/C=N/NC(=O)c2cccnc2)ccc1OCC(=O)N(C)C. The van der Waals surface area contributed by atoms with Gasteiger partial charge in [0, 0.05) is 26.5 Å². The summed E-state index contributed by atoms with van der Waals surface area (Å²) in [5, 5.41) is 3.94. The van der Waals surface area contributed by atoms with Crippen LogP contribution in [0.4, 0.5) is 0 Å². The van der Waals surface area contributed by atoms with Crippen LogP contribution in [0.3, 0.4) is 0 Å². The smallest absolute Gasteiger partial charge is 0.272 e. The second-order valence-electron chi connectivity index (χ2n) is 5.66. The standard InChI is InChI=1S/C19H22N4O4/c1-4-26-17-10-14(7-8-16(17)27-13-18(24)23(2)3)11-21-22-19(25)15-6-5-9-20-12-15/h5-12H,4,13H2,1-3H3,(H,22,25)/b21-11+. The van der Waals surface area contributed by atoms with Crippen LogP contribution in [-0.4, -0.2) is 55.2 Å². The quantitative estimate of drug-likeness (QED) is 0.564. The third-order valence-electron chi connectivity index (χ3n) is 3.42. The van der Waals surface area contributed by atoms with E-state index in [1.807, 2.05) is 6.92 Å². The van der Waals surface area contributed by atoms with Gasteiger partial charge in [-0.2, -0.15) is 5.10 Å². The van der Waals surface area contributed by atoms with Crippen molar-refractivity contribution in [3.05, 3.63) is 53.9 Å². The molecule has 8 heteroatoms. The molecule has 1 aromatic carbocycles. The average Bonchev–Trinajstić information content (AvgIpc) is 2.67. The van der Waals surface area contributed by atoms with E-state index in [1.54, 1.807) is 50.6 Å². The van der Waals surface area contributed by atoms with E-state index in [1.165, 1.54) is 17.3 Å². The van der Waals surface area contributed by atoms with Gasteiger partial charge in [0.1, 0.15) is 0 Å². The molecule has 0 fully saturated rings. The van der Waals surface area contributed by atoms with Crippen molar-refractivity contribution in [1.82, 2.24) is 15.3 Å². The topological polar surface area (TPSA) is 93.1 Å². The summed E-state index contributed by atoms with van der Waals surface area (Å²) >= 11 is 0. The summed E-state index contributed by atoms with van der Waals surface area (Å²) in [7, 11) is 3.32. The van der Waals surface area contributed by atoms with E-state index in [-0.39, 0.29) is 18.4 Å². The molecule has 2 amide bonds. The van der Waals surface area contributed by atoms with Gasteiger partial charge in [-0.15, -0.1) is 0 Å². The highest BCUT2D eigenvalue weighted by Gasteiger charge is 2.10. The molecule has 1 aromatic heterocycles. The van der Waals surface area contributed by atoms with Gasteiger partial charge in [0.05, 0.1) is 18.4 Å². The number of likely N-dealkylation sites (N-methyl/N-ethyl adjacent to an activating group) is 1. The van der Waals surface area contributed by atoms with Gasteiger partial charge in [0.25, 0.3) is 11.8 Å². The Bertz CT molecular complexity index is 807. The highest BCUT2D eigenvalue weighted by Crippen LogP contribution is 2.28. The lowest BCUT2D eigenvalue weighted by Gasteiger charge is -2.14. The predicted octanol–water partition coefficient (Wildman–Crippen LogP) is 1.71. The fraction of sp³-hybridized carbons (Fsp3) is 0.263. The van der Waals surface area contributed by atoms with E-state index >= 15 is 0 Å². The second-order valence-corrected chi connectivity index (χ2v) is 5.66. The summed E-state index contributed by atoms with van der Waals surface area (Å²) in [6.45, 7) is 2.21. The number of nitrogens with one attached hydrogen (secondary N) is 1. The number of carbonyl (C=O) groups excluding carboxylic acids is 2. The number of aromatic nitrogens is 1. The molecule has 0 aliphatic heterocycles. The first-order chi connectivity index (χ1) is 13.0. The van der Waals surface area contributed by atoms with Gasteiger partial charge in [0.2, 0.25) is 0 Å². The van der Waals surface area contributed by atoms with Crippen LogP contribution in [-0.2, 0) is 4.79 Å². The number of benzene rings is 1. The van der Waals surface area contributed by atoms with Crippen molar-refractivity contribution in [3.63, 3.8) is 0 Å². The molecule has 1 N–H and O–H groups in total. The monoisotopic (exact) mass is 370 g/mol. The van der Waals surface area contributed by atoms with Crippen molar-refractivity contribution in [2.75, 3.05) is 27.3 Å². The molecule has 0 saturated carbocycles. The first kappa shape index (κ1) is 19.9. The van der Waals surface area contributed by atoms with Crippen molar-refractivity contribution in [3.8, 4) is 11.5 Å². The van der Waals surface area contributed by atoms with Crippen molar-refractivity contribution >= 4 is 18.0 Å². The summed E-state index contributed by atoms with van der Waals surface area (Å²) < 4.78 is 11.1. The van der Waals surface area contributed by atoms with E-state index in [0.717, 1.165) is 0 Å². The van der Waals surface area contributed by atoms with Crippen LogP contribution >= 0.6 is 0 Å². The highest BCUT2D eigenvalue weighted by atomic mass is 16.5. The Balaban J connectivity index is 2.03.